The zero-order valence-electron chi connectivity index (χ0n) is 17.2. The van der Waals surface area contributed by atoms with Crippen molar-refractivity contribution in [2.45, 2.75) is 52.2 Å². The Bertz CT molecular complexity index is 823. The van der Waals surface area contributed by atoms with Gasteiger partial charge in [-0.25, -0.2) is 0 Å². The highest BCUT2D eigenvalue weighted by molar-refractivity contribution is 5.81. The van der Waals surface area contributed by atoms with Crippen LogP contribution in [0.25, 0.3) is 0 Å². The van der Waals surface area contributed by atoms with Gasteiger partial charge in [-0.1, -0.05) is 39.0 Å². The largest absolute Gasteiger partial charge is 0.486 e. The van der Waals surface area contributed by atoms with Crippen LogP contribution in [-0.4, -0.2) is 25.2 Å². The Morgan fingerprint density at radius 2 is 1.64 bits per heavy atom. The van der Waals surface area contributed by atoms with Crippen LogP contribution in [0, 0.1) is 0 Å². The Kier molecular flexibility index (Phi) is 5.82. The third-order valence-corrected chi connectivity index (χ3v) is 4.83. The van der Waals surface area contributed by atoms with E-state index in [0.717, 1.165) is 11.3 Å². The molecular weight excluding hydrogens is 354 g/mol. The van der Waals surface area contributed by atoms with E-state index in [-0.39, 0.29) is 17.4 Å². The van der Waals surface area contributed by atoms with Crippen LogP contribution in [0.3, 0.4) is 0 Å². The molecule has 0 unspecified atom stereocenters. The number of carbonyl (C=O) groups is 1. The molecular formula is C23H29NO4. The lowest BCUT2D eigenvalue weighted by molar-refractivity contribution is -0.127. The van der Waals surface area contributed by atoms with Gasteiger partial charge in [0.05, 0.1) is 6.04 Å². The molecule has 0 saturated carbocycles. The molecule has 150 valence electrons. The van der Waals surface area contributed by atoms with E-state index in [1.165, 1.54) is 5.56 Å². The molecule has 2 atom stereocenters. The van der Waals surface area contributed by atoms with E-state index in [4.69, 9.17) is 14.2 Å². The molecule has 28 heavy (non-hydrogen) atoms. The first-order valence-electron chi connectivity index (χ1n) is 9.71. The summed E-state index contributed by atoms with van der Waals surface area (Å²) in [4.78, 5) is 12.6. The zero-order chi connectivity index (χ0) is 20.3. The number of rotatable bonds is 5. The predicted molar refractivity (Wildman–Crippen MR) is 109 cm³/mol. The highest BCUT2D eigenvalue weighted by Crippen LogP contribution is 2.32. The predicted octanol–water partition coefficient (Wildman–Crippen LogP) is 4.40. The van der Waals surface area contributed by atoms with Crippen molar-refractivity contribution in [1.29, 1.82) is 0 Å². The number of hydrogen-bond acceptors (Lipinski definition) is 4. The summed E-state index contributed by atoms with van der Waals surface area (Å²) in [6, 6.07) is 13.5. The van der Waals surface area contributed by atoms with Crippen LogP contribution in [-0.2, 0) is 10.2 Å². The molecule has 2 aromatic carbocycles. The molecule has 1 amide bonds. The molecule has 0 aliphatic carbocycles. The standard InChI is InChI=1S/C23H29NO4/c1-15(17-6-11-20-21(14-17)27-13-12-26-20)24-22(25)16(2)28-19-9-7-18(8-10-19)23(3,4)5/h6-11,14-16H,12-13H2,1-5H3,(H,24,25)/t15-,16+/m1/s1. The molecule has 0 fully saturated rings. The van der Waals surface area contributed by atoms with E-state index >= 15 is 0 Å². The van der Waals surface area contributed by atoms with Crippen molar-refractivity contribution in [3.05, 3.63) is 53.6 Å². The van der Waals surface area contributed by atoms with Gasteiger partial charge < -0.3 is 19.5 Å². The smallest absolute Gasteiger partial charge is 0.261 e. The van der Waals surface area contributed by atoms with Crippen LogP contribution in [0.5, 0.6) is 17.2 Å². The molecule has 3 rings (SSSR count). The van der Waals surface area contributed by atoms with Crippen molar-refractivity contribution in [2.24, 2.45) is 0 Å². The van der Waals surface area contributed by atoms with Gasteiger partial charge >= 0.3 is 0 Å². The van der Waals surface area contributed by atoms with Crippen molar-refractivity contribution in [3.63, 3.8) is 0 Å². The van der Waals surface area contributed by atoms with Crippen molar-refractivity contribution < 1.29 is 19.0 Å². The van der Waals surface area contributed by atoms with Crippen LogP contribution in [0.15, 0.2) is 42.5 Å². The van der Waals surface area contributed by atoms with Crippen molar-refractivity contribution in [2.75, 3.05) is 13.2 Å². The lowest BCUT2D eigenvalue weighted by atomic mass is 9.87. The molecule has 5 heteroatoms. The molecule has 1 aliphatic rings. The van der Waals surface area contributed by atoms with Gasteiger partial charge in [0, 0.05) is 0 Å². The number of benzene rings is 2. The average Bonchev–Trinajstić information content (AvgIpc) is 2.67. The molecule has 1 heterocycles. The van der Waals surface area contributed by atoms with E-state index in [1.807, 2.05) is 49.4 Å². The van der Waals surface area contributed by atoms with E-state index < -0.39 is 6.10 Å². The molecule has 0 spiro atoms. The minimum absolute atomic E-state index is 0.0839. The summed E-state index contributed by atoms with van der Waals surface area (Å²) in [6.45, 7) is 11.3. The number of ether oxygens (including phenoxy) is 3. The highest BCUT2D eigenvalue weighted by Gasteiger charge is 2.20. The maximum absolute atomic E-state index is 12.6. The number of carbonyl (C=O) groups excluding carboxylic acids is 1. The highest BCUT2D eigenvalue weighted by atomic mass is 16.6. The molecule has 1 N–H and O–H groups in total. The second kappa shape index (κ2) is 8.13. The summed E-state index contributed by atoms with van der Waals surface area (Å²) in [6.07, 6.45) is -0.597. The fourth-order valence-corrected chi connectivity index (χ4v) is 3.03. The zero-order valence-corrected chi connectivity index (χ0v) is 17.2. The van der Waals surface area contributed by atoms with Crippen LogP contribution in [0.4, 0.5) is 0 Å². The average molecular weight is 383 g/mol. The van der Waals surface area contributed by atoms with E-state index in [1.54, 1.807) is 6.92 Å². The van der Waals surface area contributed by atoms with E-state index in [9.17, 15) is 4.79 Å². The Hall–Kier alpha value is -2.69. The lowest BCUT2D eigenvalue weighted by Gasteiger charge is -2.22. The van der Waals surface area contributed by atoms with Crippen LogP contribution in [0.2, 0.25) is 0 Å². The minimum Gasteiger partial charge on any atom is -0.486 e. The Balaban J connectivity index is 1.59. The van der Waals surface area contributed by atoms with Gasteiger partial charge in [0.2, 0.25) is 0 Å². The summed E-state index contributed by atoms with van der Waals surface area (Å²) in [7, 11) is 0. The van der Waals surface area contributed by atoms with Crippen LogP contribution in [0.1, 0.15) is 51.8 Å². The molecule has 0 saturated heterocycles. The quantitative estimate of drug-likeness (QED) is 0.831. The molecule has 5 nitrogen and oxygen atoms in total. The number of nitrogens with one attached hydrogen (secondary N) is 1. The van der Waals surface area contributed by atoms with Crippen LogP contribution < -0.4 is 19.5 Å². The van der Waals surface area contributed by atoms with Gasteiger partial charge in [-0.2, -0.15) is 0 Å². The Morgan fingerprint density at radius 1 is 1.00 bits per heavy atom. The SMILES string of the molecule is C[C@H](Oc1ccc(C(C)(C)C)cc1)C(=O)N[C@H](C)c1ccc2c(c1)OCCO2. The maximum Gasteiger partial charge on any atom is 0.261 e. The van der Waals surface area contributed by atoms with Gasteiger partial charge in [-0.05, 0) is 54.7 Å². The first-order chi connectivity index (χ1) is 13.2. The first kappa shape index (κ1) is 20.1. The third-order valence-electron chi connectivity index (χ3n) is 4.83. The normalized spacial score (nSPS) is 15.5. The van der Waals surface area contributed by atoms with Gasteiger partial charge in [0.25, 0.3) is 5.91 Å². The summed E-state index contributed by atoms with van der Waals surface area (Å²) in [5.74, 6) is 1.97. The van der Waals surface area contributed by atoms with E-state index in [2.05, 4.69) is 26.1 Å². The molecule has 0 radical (unpaired) electrons. The summed E-state index contributed by atoms with van der Waals surface area (Å²) < 4.78 is 17.0. The number of hydrogen-bond donors (Lipinski definition) is 1. The van der Waals surface area contributed by atoms with Gasteiger partial charge in [-0.15, -0.1) is 0 Å². The van der Waals surface area contributed by atoms with Gasteiger partial charge in [0.1, 0.15) is 19.0 Å². The summed E-state index contributed by atoms with van der Waals surface area (Å²) in [5, 5.41) is 3.00. The molecule has 0 aromatic heterocycles. The monoisotopic (exact) mass is 383 g/mol. The third kappa shape index (κ3) is 4.77. The fraction of sp³-hybridized carbons (Fsp3) is 0.435. The lowest BCUT2D eigenvalue weighted by Crippen LogP contribution is -2.37. The Labute approximate surface area is 167 Å². The van der Waals surface area contributed by atoms with Crippen molar-refractivity contribution in [3.8, 4) is 17.2 Å². The first-order valence-corrected chi connectivity index (χ1v) is 9.71. The van der Waals surface area contributed by atoms with Crippen LogP contribution >= 0.6 is 0 Å². The second-order valence-corrected chi connectivity index (χ2v) is 8.17. The maximum atomic E-state index is 12.6. The molecule has 2 aromatic rings. The van der Waals surface area contributed by atoms with E-state index in [0.29, 0.717) is 24.7 Å². The topological polar surface area (TPSA) is 56.8 Å². The summed E-state index contributed by atoms with van der Waals surface area (Å²) in [5.41, 5.74) is 2.27. The number of fused-ring (bicyclic) bond motifs is 1. The van der Waals surface area contributed by atoms with Gasteiger partial charge in [0.15, 0.2) is 17.6 Å². The minimum atomic E-state index is -0.597. The number of amides is 1. The molecule has 1 aliphatic heterocycles. The second-order valence-electron chi connectivity index (χ2n) is 8.17. The summed E-state index contributed by atoms with van der Waals surface area (Å²) >= 11 is 0. The molecule has 0 bridgehead atoms. The Morgan fingerprint density at radius 3 is 2.29 bits per heavy atom. The van der Waals surface area contributed by atoms with Gasteiger partial charge in [-0.3, -0.25) is 4.79 Å². The fourth-order valence-electron chi connectivity index (χ4n) is 3.03. The van der Waals surface area contributed by atoms with Crippen molar-refractivity contribution in [1.82, 2.24) is 5.32 Å². The van der Waals surface area contributed by atoms with Crippen molar-refractivity contribution >= 4 is 5.91 Å².